The summed E-state index contributed by atoms with van der Waals surface area (Å²) in [6.07, 6.45) is 2.01. The molecule has 2 aromatic rings. The van der Waals surface area contributed by atoms with Crippen LogP contribution < -0.4 is 15.4 Å². The number of guanidine groups is 1. The zero-order valence-electron chi connectivity index (χ0n) is 15.1. The summed E-state index contributed by atoms with van der Waals surface area (Å²) in [5.74, 6) is 0.209. The van der Waals surface area contributed by atoms with Crippen LogP contribution in [0, 0.1) is 5.82 Å². The molecule has 7 heteroatoms. The highest BCUT2D eigenvalue weighted by Gasteiger charge is 2.16. The largest absolute Gasteiger partial charge is 0.497 e. The molecular weight excluding hydrogens is 349 g/mol. The highest BCUT2D eigenvalue weighted by molar-refractivity contribution is 6.10. The third-order valence-electron chi connectivity index (χ3n) is 4.15. The number of anilines is 1. The Morgan fingerprint density at radius 2 is 2.11 bits per heavy atom. The lowest BCUT2D eigenvalue weighted by Gasteiger charge is -2.14. The van der Waals surface area contributed by atoms with Crippen LogP contribution in [-0.2, 0) is 4.74 Å². The Morgan fingerprint density at radius 3 is 2.81 bits per heavy atom. The Bertz CT molecular complexity index is 802. The molecule has 1 amide bonds. The number of rotatable bonds is 5. The van der Waals surface area contributed by atoms with Crippen molar-refractivity contribution in [2.24, 2.45) is 4.99 Å². The van der Waals surface area contributed by atoms with E-state index in [2.05, 4.69) is 15.6 Å². The Hall–Kier alpha value is -2.93. The molecule has 1 unspecified atom stereocenters. The molecule has 0 saturated carbocycles. The fourth-order valence-electron chi connectivity index (χ4n) is 2.71. The Balaban J connectivity index is 1.74. The number of halogens is 1. The van der Waals surface area contributed by atoms with Gasteiger partial charge >= 0.3 is 0 Å². The normalized spacial score (nSPS) is 16.8. The van der Waals surface area contributed by atoms with Gasteiger partial charge in [0, 0.05) is 23.9 Å². The van der Waals surface area contributed by atoms with Crippen LogP contribution in [-0.4, -0.2) is 38.2 Å². The maximum atomic E-state index is 13.1. The molecule has 0 radical (unpaired) electrons. The summed E-state index contributed by atoms with van der Waals surface area (Å²) in [5.41, 5.74) is 1.06. The molecule has 1 aliphatic rings. The van der Waals surface area contributed by atoms with Crippen LogP contribution in [0.3, 0.4) is 0 Å². The van der Waals surface area contributed by atoms with Gasteiger partial charge in [-0.3, -0.25) is 10.1 Å². The Kier molecular flexibility index (Phi) is 6.38. The van der Waals surface area contributed by atoms with Gasteiger partial charge in [-0.2, -0.15) is 0 Å². The lowest BCUT2D eigenvalue weighted by atomic mass is 10.2. The quantitative estimate of drug-likeness (QED) is 0.625. The van der Waals surface area contributed by atoms with Crippen molar-refractivity contribution in [2.75, 3.05) is 25.6 Å². The highest BCUT2D eigenvalue weighted by atomic mass is 19.1. The van der Waals surface area contributed by atoms with Gasteiger partial charge in [0.05, 0.1) is 19.8 Å². The van der Waals surface area contributed by atoms with E-state index in [1.165, 1.54) is 24.3 Å². The van der Waals surface area contributed by atoms with Crippen molar-refractivity contribution in [1.82, 2.24) is 5.32 Å². The van der Waals surface area contributed by atoms with Crippen molar-refractivity contribution < 1.29 is 18.7 Å². The molecular formula is C20H22FN3O3. The van der Waals surface area contributed by atoms with E-state index in [-0.39, 0.29) is 12.0 Å². The second-order valence-corrected chi connectivity index (χ2v) is 6.14. The number of nitrogens with zero attached hydrogens (tertiary/aromatic N) is 1. The molecule has 0 aliphatic carbocycles. The van der Waals surface area contributed by atoms with Crippen molar-refractivity contribution in [3.8, 4) is 5.75 Å². The molecule has 0 spiro atoms. The van der Waals surface area contributed by atoms with E-state index >= 15 is 0 Å². The van der Waals surface area contributed by atoms with Crippen molar-refractivity contribution >= 4 is 17.6 Å². The molecule has 1 atom stereocenters. The van der Waals surface area contributed by atoms with Gasteiger partial charge < -0.3 is 14.8 Å². The summed E-state index contributed by atoms with van der Waals surface area (Å²) in [4.78, 5) is 16.9. The van der Waals surface area contributed by atoms with Gasteiger partial charge in [-0.05, 0) is 49.2 Å². The topological polar surface area (TPSA) is 71.9 Å². The minimum atomic E-state index is -0.395. The van der Waals surface area contributed by atoms with Gasteiger partial charge in [-0.1, -0.05) is 6.07 Å². The van der Waals surface area contributed by atoms with E-state index in [0.717, 1.165) is 25.1 Å². The van der Waals surface area contributed by atoms with Crippen LogP contribution in [0.15, 0.2) is 53.5 Å². The monoisotopic (exact) mass is 371 g/mol. The Labute approximate surface area is 157 Å². The van der Waals surface area contributed by atoms with Gasteiger partial charge in [-0.25, -0.2) is 9.38 Å². The SMILES string of the molecule is COc1cccc(NC(=NCC2CCCO2)NC(=O)c2ccc(F)cc2)c1. The van der Waals surface area contributed by atoms with Crippen molar-refractivity contribution in [3.05, 3.63) is 59.9 Å². The zero-order chi connectivity index (χ0) is 19.1. The van der Waals surface area contributed by atoms with Crippen LogP contribution >= 0.6 is 0 Å². The minimum absolute atomic E-state index is 0.0508. The van der Waals surface area contributed by atoms with Crippen LogP contribution in [0.1, 0.15) is 23.2 Å². The number of hydrogen-bond donors (Lipinski definition) is 2. The van der Waals surface area contributed by atoms with Crippen LogP contribution in [0.5, 0.6) is 5.75 Å². The first-order chi connectivity index (χ1) is 13.1. The van der Waals surface area contributed by atoms with Gasteiger partial charge in [0.1, 0.15) is 11.6 Å². The lowest BCUT2D eigenvalue weighted by Crippen LogP contribution is -2.36. The molecule has 6 nitrogen and oxygen atoms in total. The number of benzene rings is 2. The number of carbonyl (C=O) groups is 1. The summed E-state index contributed by atoms with van der Waals surface area (Å²) >= 11 is 0. The molecule has 2 N–H and O–H groups in total. The predicted octanol–water partition coefficient (Wildman–Crippen LogP) is 3.21. The zero-order valence-corrected chi connectivity index (χ0v) is 15.1. The maximum absolute atomic E-state index is 13.1. The standard InChI is InChI=1S/C20H22FN3O3/c1-26-17-5-2-4-16(12-17)23-20(22-13-18-6-3-11-27-18)24-19(25)14-7-9-15(21)10-8-14/h2,4-5,7-10,12,18H,3,6,11,13H2,1H3,(H2,22,23,24,25). The second-order valence-electron chi connectivity index (χ2n) is 6.14. The smallest absolute Gasteiger partial charge is 0.257 e. The minimum Gasteiger partial charge on any atom is -0.497 e. The molecule has 1 saturated heterocycles. The molecule has 2 aromatic carbocycles. The fourth-order valence-corrected chi connectivity index (χ4v) is 2.71. The van der Waals surface area contributed by atoms with E-state index in [1.54, 1.807) is 13.2 Å². The van der Waals surface area contributed by atoms with E-state index in [0.29, 0.717) is 23.8 Å². The van der Waals surface area contributed by atoms with Crippen LogP contribution in [0.25, 0.3) is 0 Å². The number of methoxy groups -OCH3 is 1. The average molecular weight is 371 g/mol. The number of amides is 1. The molecule has 1 aliphatic heterocycles. The van der Waals surface area contributed by atoms with Crippen LogP contribution in [0.4, 0.5) is 10.1 Å². The highest BCUT2D eigenvalue weighted by Crippen LogP contribution is 2.17. The summed E-state index contributed by atoms with van der Waals surface area (Å²) in [7, 11) is 1.59. The van der Waals surface area contributed by atoms with Gasteiger partial charge in [0.15, 0.2) is 0 Å². The number of ether oxygens (including phenoxy) is 2. The Morgan fingerprint density at radius 1 is 1.30 bits per heavy atom. The number of nitrogens with one attached hydrogen (secondary N) is 2. The fraction of sp³-hybridized carbons (Fsp3) is 0.300. The molecule has 1 fully saturated rings. The molecule has 0 aromatic heterocycles. The van der Waals surface area contributed by atoms with Gasteiger partial charge in [0.2, 0.25) is 5.96 Å². The number of carbonyl (C=O) groups excluding carboxylic acids is 1. The maximum Gasteiger partial charge on any atom is 0.257 e. The van der Waals surface area contributed by atoms with Crippen molar-refractivity contribution in [1.29, 1.82) is 0 Å². The summed E-state index contributed by atoms with van der Waals surface area (Å²) in [6, 6.07) is 12.6. The van der Waals surface area contributed by atoms with E-state index in [1.807, 2.05) is 18.2 Å². The predicted molar refractivity (Wildman–Crippen MR) is 102 cm³/mol. The summed E-state index contributed by atoms with van der Waals surface area (Å²) in [5, 5.41) is 5.84. The molecule has 142 valence electrons. The van der Waals surface area contributed by atoms with Gasteiger partial charge in [0.25, 0.3) is 5.91 Å². The summed E-state index contributed by atoms with van der Waals surface area (Å²) < 4.78 is 23.9. The third kappa shape index (κ3) is 5.52. The molecule has 0 bridgehead atoms. The van der Waals surface area contributed by atoms with E-state index in [9.17, 15) is 9.18 Å². The molecule has 27 heavy (non-hydrogen) atoms. The molecule has 1 heterocycles. The van der Waals surface area contributed by atoms with Crippen molar-refractivity contribution in [2.45, 2.75) is 18.9 Å². The lowest BCUT2D eigenvalue weighted by molar-refractivity contribution is 0.0975. The van der Waals surface area contributed by atoms with Crippen molar-refractivity contribution in [3.63, 3.8) is 0 Å². The third-order valence-corrected chi connectivity index (χ3v) is 4.15. The number of aliphatic imine (C=N–C) groups is 1. The first kappa shape index (κ1) is 18.8. The summed E-state index contributed by atoms with van der Waals surface area (Å²) in [6.45, 7) is 1.18. The first-order valence-electron chi connectivity index (χ1n) is 8.78. The van der Waals surface area contributed by atoms with Gasteiger partial charge in [-0.15, -0.1) is 0 Å². The first-order valence-corrected chi connectivity index (χ1v) is 8.78. The van der Waals surface area contributed by atoms with Crippen LogP contribution in [0.2, 0.25) is 0 Å². The molecule has 3 rings (SSSR count). The van der Waals surface area contributed by atoms with E-state index in [4.69, 9.17) is 9.47 Å². The second kappa shape index (κ2) is 9.14. The van der Waals surface area contributed by atoms with E-state index < -0.39 is 5.82 Å². The average Bonchev–Trinajstić information content (AvgIpc) is 3.20. The number of hydrogen-bond acceptors (Lipinski definition) is 4.